The zero-order valence-corrected chi connectivity index (χ0v) is 15.6. The number of benzene rings is 1. The van der Waals surface area contributed by atoms with Crippen LogP contribution in [0.5, 0.6) is 0 Å². The van der Waals surface area contributed by atoms with Crippen LogP contribution in [0.25, 0.3) is 0 Å². The number of likely N-dealkylation sites (tertiary alicyclic amines) is 1. The van der Waals surface area contributed by atoms with Crippen molar-refractivity contribution in [2.75, 3.05) is 32.8 Å². The van der Waals surface area contributed by atoms with E-state index >= 15 is 0 Å². The maximum absolute atomic E-state index is 12.8. The molecule has 3 rings (SSSR count). The first-order chi connectivity index (χ1) is 11.9. The lowest BCUT2D eigenvalue weighted by molar-refractivity contribution is -0.0232. The molecule has 0 unspecified atom stereocenters. The van der Waals surface area contributed by atoms with E-state index in [4.69, 9.17) is 9.47 Å². The molecule has 1 aromatic rings. The van der Waals surface area contributed by atoms with E-state index in [0.717, 1.165) is 45.7 Å². The molecule has 25 heavy (non-hydrogen) atoms. The molecule has 0 spiro atoms. The van der Waals surface area contributed by atoms with Crippen LogP contribution in [-0.2, 0) is 9.47 Å². The van der Waals surface area contributed by atoms with Crippen LogP contribution in [0, 0.1) is 0 Å². The molecule has 5 nitrogen and oxygen atoms in total. The molecule has 0 N–H and O–H groups in total. The van der Waals surface area contributed by atoms with Gasteiger partial charge in [-0.25, -0.2) is 4.79 Å². The topological polar surface area (TPSA) is 42.0 Å². The fourth-order valence-electron chi connectivity index (χ4n) is 3.75. The number of rotatable bonds is 2. The molecular weight excluding hydrogens is 316 g/mol. The van der Waals surface area contributed by atoms with Crippen LogP contribution in [0.3, 0.4) is 0 Å². The highest BCUT2D eigenvalue weighted by Crippen LogP contribution is 2.34. The number of carbonyl (C=O) groups is 1. The van der Waals surface area contributed by atoms with E-state index in [1.54, 1.807) is 0 Å². The first kappa shape index (κ1) is 18.2. The molecule has 2 heterocycles. The molecule has 0 saturated carbocycles. The molecule has 2 aliphatic heterocycles. The molecule has 2 saturated heterocycles. The van der Waals surface area contributed by atoms with Crippen molar-refractivity contribution in [3.05, 3.63) is 35.9 Å². The fraction of sp³-hybridized carbons (Fsp3) is 0.650. The Bertz CT molecular complexity index is 564. The molecule has 138 valence electrons. The summed E-state index contributed by atoms with van der Waals surface area (Å²) in [4.78, 5) is 17.2. The Morgan fingerprint density at radius 3 is 2.44 bits per heavy atom. The van der Waals surface area contributed by atoms with Crippen molar-refractivity contribution < 1.29 is 14.3 Å². The normalized spacial score (nSPS) is 25.6. The Hall–Kier alpha value is -1.59. The number of carbonyl (C=O) groups excluding carboxylic acids is 1. The predicted octanol–water partition coefficient (Wildman–Crippen LogP) is 3.46. The van der Waals surface area contributed by atoms with Crippen molar-refractivity contribution in [2.24, 2.45) is 0 Å². The van der Waals surface area contributed by atoms with Crippen molar-refractivity contribution in [2.45, 2.75) is 51.3 Å². The van der Waals surface area contributed by atoms with E-state index in [1.165, 1.54) is 5.56 Å². The molecule has 2 atom stereocenters. The van der Waals surface area contributed by atoms with Gasteiger partial charge in [0.2, 0.25) is 0 Å². The van der Waals surface area contributed by atoms with Gasteiger partial charge in [0.25, 0.3) is 0 Å². The summed E-state index contributed by atoms with van der Waals surface area (Å²) in [7, 11) is 0. The zero-order valence-electron chi connectivity index (χ0n) is 15.6. The second-order valence-electron chi connectivity index (χ2n) is 7.93. The molecule has 2 aliphatic rings. The maximum Gasteiger partial charge on any atom is 0.410 e. The number of nitrogens with zero attached hydrogens (tertiary/aromatic N) is 2. The fourth-order valence-corrected chi connectivity index (χ4v) is 3.75. The van der Waals surface area contributed by atoms with Gasteiger partial charge in [-0.05, 0) is 39.2 Å². The second kappa shape index (κ2) is 7.75. The first-order valence-electron chi connectivity index (χ1n) is 9.30. The Morgan fingerprint density at radius 2 is 1.80 bits per heavy atom. The highest BCUT2D eigenvalue weighted by molar-refractivity contribution is 5.69. The van der Waals surface area contributed by atoms with Gasteiger partial charge in [0, 0.05) is 25.7 Å². The Labute approximate surface area is 150 Å². The van der Waals surface area contributed by atoms with Crippen molar-refractivity contribution >= 4 is 6.09 Å². The van der Waals surface area contributed by atoms with E-state index in [-0.39, 0.29) is 12.1 Å². The van der Waals surface area contributed by atoms with Crippen LogP contribution in [0.2, 0.25) is 0 Å². The molecule has 1 aromatic carbocycles. The minimum atomic E-state index is -0.473. The van der Waals surface area contributed by atoms with Gasteiger partial charge < -0.3 is 14.4 Å². The summed E-state index contributed by atoms with van der Waals surface area (Å²) in [6.07, 6.45) is 1.73. The Kier molecular flexibility index (Phi) is 5.64. The van der Waals surface area contributed by atoms with Gasteiger partial charge in [0.05, 0.1) is 19.3 Å². The minimum absolute atomic E-state index is 0.0673. The van der Waals surface area contributed by atoms with Crippen molar-refractivity contribution in [1.29, 1.82) is 0 Å². The summed E-state index contributed by atoms with van der Waals surface area (Å²) < 4.78 is 11.2. The van der Waals surface area contributed by atoms with Crippen LogP contribution in [0.1, 0.15) is 45.2 Å². The van der Waals surface area contributed by atoms with E-state index in [0.29, 0.717) is 6.04 Å². The number of ether oxygens (including phenoxy) is 2. The number of piperidine rings is 1. The van der Waals surface area contributed by atoms with Gasteiger partial charge in [-0.2, -0.15) is 0 Å². The van der Waals surface area contributed by atoms with Gasteiger partial charge in [0.15, 0.2) is 0 Å². The lowest BCUT2D eigenvalue weighted by atomic mass is 9.91. The number of hydrogen-bond donors (Lipinski definition) is 0. The maximum atomic E-state index is 12.8. The third kappa shape index (κ3) is 4.73. The minimum Gasteiger partial charge on any atom is -0.444 e. The Morgan fingerprint density at radius 1 is 1.12 bits per heavy atom. The standard InChI is InChI=1S/C20H30N2O3/c1-20(2,3)25-19(23)22-10-9-17(21-11-13-24-14-12-21)15-18(22)16-7-5-4-6-8-16/h4-8,17-18H,9-15H2,1-3H3/t17-,18-/m0/s1. The summed E-state index contributed by atoms with van der Waals surface area (Å²) in [5.41, 5.74) is 0.714. The van der Waals surface area contributed by atoms with Crippen LogP contribution in [0.4, 0.5) is 4.79 Å². The average Bonchev–Trinajstić information content (AvgIpc) is 2.61. The van der Waals surface area contributed by atoms with Gasteiger partial charge in [-0.1, -0.05) is 30.3 Å². The monoisotopic (exact) mass is 346 g/mol. The summed E-state index contributed by atoms with van der Waals surface area (Å²) in [5.74, 6) is 0. The first-order valence-corrected chi connectivity index (χ1v) is 9.30. The molecule has 0 bridgehead atoms. The zero-order chi connectivity index (χ0) is 17.9. The van der Waals surface area contributed by atoms with Crippen LogP contribution in [-0.4, -0.2) is 60.4 Å². The van der Waals surface area contributed by atoms with E-state index < -0.39 is 5.60 Å². The lowest BCUT2D eigenvalue weighted by Gasteiger charge is -2.44. The quantitative estimate of drug-likeness (QED) is 0.822. The SMILES string of the molecule is CC(C)(C)OC(=O)N1CC[C@H](N2CCOCC2)C[C@H]1c1ccccc1. The predicted molar refractivity (Wildman–Crippen MR) is 97.5 cm³/mol. The molecule has 5 heteroatoms. The van der Waals surface area contributed by atoms with Crippen molar-refractivity contribution in [3.8, 4) is 0 Å². The van der Waals surface area contributed by atoms with Crippen LogP contribution >= 0.6 is 0 Å². The number of hydrogen-bond acceptors (Lipinski definition) is 4. The van der Waals surface area contributed by atoms with Gasteiger partial charge >= 0.3 is 6.09 Å². The average molecular weight is 346 g/mol. The molecule has 0 aliphatic carbocycles. The summed E-state index contributed by atoms with van der Waals surface area (Å²) >= 11 is 0. The highest BCUT2D eigenvalue weighted by Gasteiger charge is 2.37. The largest absolute Gasteiger partial charge is 0.444 e. The molecule has 2 fully saturated rings. The van der Waals surface area contributed by atoms with E-state index in [9.17, 15) is 4.79 Å². The molecule has 0 aromatic heterocycles. The van der Waals surface area contributed by atoms with Crippen molar-refractivity contribution in [3.63, 3.8) is 0 Å². The molecule has 1 amide bonds. The summed E-state index contributed by atoms with van der Waals surface area (Å²) in [6.45, 7) is 10.1. The molecular formula is C20H30N2O3. The number of morpholine rings is 1. The van der Waals surface area contributed by atoms with E-state index in [1.807, 2.05) is 43.9 Å². The van der Waals surface area contributed by atoms with Gasteiger partial charge in [-0.3, -0.25) is 4.90 Å². The highest BCUT2D eigenvalue weighted by atomic mass is 16.6. The lowest BCUT2D eigenvalue weighted by Crippen LogP contribution is -2.51. The summed E-state index contributed by atoms with van der Waals surface area (Å²) in [5, 5.41) is 0. The van der Waals surface area contributed by atoms with Gasteiger partial charge in [-0.15, -0.1) is 0 Å². The number of amides is 1. The summed E-state index contributed by atoms with van der Waals surface area (Å²) in [6, 6.07) is 10.9. The second-order valence-corrected chi connectivity index (χ2v) is 7.93. The Balaban J connectivity index is 1.77. The van der Waals surface area contributed by atoms with Crippen molar-refractivity contribution in [1.82, 2.24) is 9.80 Å². The van der Waals surface area contributed by atoms with Gasteiger partial charge in [0.1, 0.15) is 5.60 Å². The van der Waals surface area contributed by atoms with E-state index in [2.05, 4.69) is 17.0 Å². The molecule has 0 radical (unpaired) electrons. The third-order valence-electron chi connectivity index (χ3n) is 4.95. The van der Waals surface area contributed by atoms with Crippen LogP contribution in [0.15, 0.2) is 30.3 Å². The third-order valence-corrected chi connectivity index (χ3v) is 4.95. The van der Waals surface area contributed by atoms with Crippen LogP contribution < -0.4 is 0 Å². The smallest absolute Gasteiger partial charge is 0.410 e.